The van der Waals surface area contributed by atoms with Crippen molar-refractivity contribution in [2.75, 3.05) is 0 Å². The highest BCUT2D eigenvalue weighted by Gasteiger charge is 2.13. The van der Waals surface area contributed by atoms with Gasteiger partial charge >= 0.3 is 5.97 Å². The minimum Gasteiger partial charge on any atom is -0.508 e. The van der Waals surface area contributed by atoms with Gasteiger partial charge < -0.3 is 15.9 Å². The van der Waals surface area contributed by atoms with Gasteiger partial charge in [0, 0.05) is 6.42 Å². The van der Waals surface area contributed by atoms with Gasteiger partial charge in [-0.25, -0.2) is 0 Å². The Labute approximate surface area is 89.4 Å². The van der Waals surface area contributed by atoms with E-state index in [1.165, 1.54) is 6.07 Å². The molecule has 1 unspecified atom stereocenters. The second-order valence-electron chi connectivity index (χ2n) is 2.78. The molecule has 0 heterocycles. The number of hydrogen-bond donors (Lipinski definition) is 3. The number of hydrogen-bond acceptors (Lipinski definition) is 3. The summed E-state index contributed by atoms with van der Waals surface area (Å²) in [6.45, 7) is 4.00. The largest absolute Gasteiger partial charge is 0.508 e. The monoisotopic (exact) mass is 211 g/mol. The lowest BCUT2D eigenvalue weighted by molar-refractivity contribution is -0.138. The minimum absolute atomic E-state index is 0.0826. The lowest BCUT2D eigenvalue weighted by Gasteiger charge is -2.07. The Balaban J connectivity index is 0.000000921. The Morgan fingerprint density at radius 3 is 2.40 bits per heavy atom. The Bertz CT molecular complexity index is 312. The van der Waals surface area contributed by atoms with E-state index in [1.54, 1.807) is 18.2 Å². The molecule has 0 radical (unpaired) electrons. The van der Waals surface area contributed by atoms with Gasteiger partial charge in [-0.05, 0) is 11.6 Å². The highest BCUT2D eigenvalue weighted by atomic mass is 16.4. The summed E-state index contributed by atoms with van der Waals surface area (Å²) in [7, 11) is 0. The van der Waals surface area contributed by atoms with E-state index in [0.717, 1.165) is 0 Å². The molecule has 1 atom stereocenters. The Morgan fingerprint density at radius 2 is 1.93 bits per heavy atom. The van der Waals surface area contributed by atoms with Crippen molar-refractivity contribution in [1.82, 2.24) is 0 Å². The van der Waals surface area contributed by atoms with Crippen molar-refractivity contribution in [2.24, 2.45) is 5.73 Å². The molecule has 1 aromatic rings. The summed E-state index contributed by atoms with van der Waals surface area (Å²) >= 11 is 0. The average Bonchev–Trinajstić information content (AvgIpc) is 2.24. The number of carboxylic acids is 1. The number of rotatable bonds is 3. The van der Waals surface area contributed by atoms with Crippen LogP contribution in [0.1, 0.15) is 19.4 Å². The van der Waals surface area contributed by atoms with E-state index in [4.69, 9.17) is 10.8 Å². The first-order valence-electron chi connectivity index (χ1n) is 4.86. The molecule has 4 nitrogen and oxygen atoms in total. The highest BCUT2D eigenvalue weighted by molar-refractivity contribution is 5.73. The number of aliphatic carboxylic acids is 1. The van der Waals surface area contributed by atoms with Crippen LogP contribution in [0.3, 0.4) is 0 Å². The zero-order chi connectivity index (χ0) is 11.8. The van der Waals surface area contributed by atoms with E-state index in [0.29, 0.717) is 5.56 Å². The van der Waals surface area contributed by atoms with Crippen LogP contribution in [0.4, 0.5) is 0 Å². The third-order valence-electron chi connectivity index (χ3n) is 1.75. The topological polar surface area (TPSA) is 83.5 Å². The molecule has 0 fully saturated rings. The van der Waals surface area contributed by atoms with Crippen molar-refractivity contribution in [2.45, 2.75) is 26.3 Å². The van der Waals surface area contributed by atoms with Crippen molar-refractivity contribution in [3.8, 4) is 5.75 Å². The second kappa shape index (κ2) is 6.84. The Morgan fingerprint density at radius 1 is 1.40 bits per heavy atom. The van der Waals surface area contributed by atoms with Crippen molar-refractivity contribution in [3.05, 3.63) is 29.8 Å². The number of carboxylic acid groups (broad SMARTS) is 1. The third-order valence-corrected chi connectivity index (χ3v) is 1.75. The Hall–Kier alpha value is -1.55. The zero-order valence-electron chi connectivity index (χ0n) is 8.97. The van der Waals surface area contributed by atoms with Crippen molar-refractivity contribution in [3.63, 3.8) is 0 Å². The molecule has 0 spiro atoms. The van der Waals surface area contributed by atoms with Gasteiger partial charge in [-0.1, -0.05) is 32.0 Å². The Kier molecular flexibility index (Phi) is 6.13. The number of para-hydroxylation sites is 1. The maximum Gasteiger partial charge on any atom is 0.320 e. The molecule has 0 saturated heterocycles. The molecular formula is C11H17NO3. The van der Waals surface area contributed by atoms with Crippen LogP contribution in [-0.4, -0.2) is 22.2 Å². The predicted molar refractivity (Wildman–Crippen MR) is 58.8 cm³/mol. The SMILES string of the molecule is CC.NC(Cc1ccccc1O)C(=O)O. The molecule has 15 heavy (non-hydrogen) atoms. The van der Waals surface area contributed by atoms with Gasteiger partial charge in [0.2, 0.25) is 0 Å². The van der Waals surface area contributed by atoms with Gasteiger partial charge in [0.05, 0.1) is 0 Å². The smallest absolute Gasteiger partial charge is 0.320 e. The molecule has 4 heteroatoms. The summed E-state index contributed by atoms with van der Waals surface area (Å²) in [6.07, 6.45) is 0.141. The molecular weight excluding hydrogens is 194 g/mol. The fraction of sp³-hybridized carbons (Fsp3) is 0.364. The number of phenolic OH excluding ortho intramolecular Hbond substituents is 1. The molecule has 84 valence electrons. The van der Waals surface area contributed by atoms with Gasteiger partial charge in [0.15, 0.2) is 0 Å². The molecule has 1 aromatic carbocycles. The van der Waals surface area contributed by atoms with Crippen LogP contribution in [0.5, 0.6) is 5.75 Å². The molecule has 0 aliphatic heterocycles. The van der Waals surface area contributed by atoms with Crippen molar-refractivity contribution >= 4 is 5.97 Å². The summed E-state index contributed by atoms with van der Waals surface area (Å²) in [5.41, 5.74) is 5.86. The molecule has 0 aliphatic carbocycles. The number of nitrogens with two attached hydrogens (primary N) is 1. The van der Waals surface area contributed by atoms with E-state index < -0.39 is 12.0 Å². The maximum atomic E-state index is 10.4. The van der Waals surface area contributed by atoms with Crippen molar-refractivity contribution in [1.29, 1.82) is 0 Å². The van der Waals surface area contributed by atoms with E-state index in [9.17, 15) is 9.90 Å². The summed E-state index contributed by atoms with van der Waals surface area (Å²) in [5.74, 6) is -0.984. The summed E-state index contributed by atoms with van der Waals surface area (Å²) in [6, 6.07) is 5.59. The molecule has 0 saturated carbocycles. The van der Waals surface area contributed by atoms with Gasteiger partial charge in [-0.2, -0.15) is 0 Å². The summed E-state index contributed by atoms with van der Waals surface area (Å²) in [5, 5.41) is 17.8. The lowest BCUT2D eigenvalue weighted by Crippen LogP contribution is -2.32. The summed E-state index contributed by atoms with van der Waals surface area (Å²) in [4.78, 5) is 10.4. The fourth-order valence-electron chi connectivity index (χ4n) is 1.01. The number of aromatic hydroxyl groups is 1. The normalized spacial score (nSPS) is 11.1. The molecule has 1 rings (SSSR count). The first kappa shape index (κ1) is 13.4. The molecule has 0 amide bonds. The van der Waals surface area contributed by atoms with Gasteiger partial charge in [0.1, 0.15) is 11.8 Å². The van der Waals surface area contributed by atoms with Gasteiger partial charge in [0.25, 0.3) is 0 Å². The van der Waals surface area contributed by atoms with Crippen LogP contribution < -0.4 is 5.73 Å². The van der Waals surface area contributed by atoms with Crippen LogP contribution >= 0.6 is 0 Å². The van der Waals surface area contributed by atoms with E-state index in [2.05, 4.69) is 0 Å². The highest BCUT2D eigenvalue weighted by Crippen LogP contribution is 2.16. The second-order valence-corrected chi connectivity index (χ2v) is 2.78. The molecule has 4 N–H and O–H groups in total. The fourth-order valence-corrected chi connectivity index (χ4v) is 1.01. The predicted octanol–water partition coefficient (Wildman–Crippen LogP) is 1.37. The average molecular weight is 211 g/mol. The minimum atomic E-state index is -1.07. The first-order valence-corrected chi connectivity index (χ1v) is 4.86. The van der Waals surface area contributed by atoms with Crippen molar-refractivity contribution < 1.29 is 15.0 Å². The van der Waals surface area contributed by atoms with E-state index >= 15 is 0 Å². The number of benzene rings is 1. The first-order chi connectivity index (χ1) is 7.11. The van der Waals surface area contributed by atoms with Gasteiger partial charge in [-0.15, -0.1) is 0 Å². The standard InChI is InChI=1S/C9H11NO3.C2H6/c10-7(9(12)13)5-6-3-1-2-4-8(6)11;1-2/h1-4,7,11H,5,10H2,(H,12,13);1-2H3. The lowest BCUT2D eigenvalue weighted by atomic mass is 10.1. The van der Waals surface area contributed by atoms with E-state index in [1.807, 2.05) is 13.8 Å². The number of carbonyl (C=O) groups is 1. The third kappa shape index (κ3) is 4.46. The van der Waals surface area contributed by atoms with Crippen LogP contribution in [-0.2, 0) is 11.2 Å². The molecule has 0 bridgehead atoms. The van der Waals surface area contributed by atoms with Crippen LogP contribution in [0.2, 0.25) is 0 Å². The van der Waals surface area contributed by atoms with Crippen LogP contribution in [0.15, 0.2) is 24.3 Å². The van der Waals surface area contributed by atoms with Gasteiger partial charge in [-0.3, -0.25) is 4.79 Å². The molecule has 0 aliphatic rings. The number of phenols is 1. The van der Waals surface area contributed by atoms with E-state index in [-0.39, 0.29) is 12.2 Å². The maximum absolute atomic E-state index is 10.4. The van der Waals surface area contributed by atoms with Crippen LogP contribution in [0, 0.1) is 0 Å². The quantitative estimate of drug-likeness (QED) is 0.705. The zero-order valence-corrected chi connectivity index (χ0v) is 8.97. The summed E-state index contributed by atoms with van der Waals surface area (Å²) < 4.78 is 0. The van der Waals surface area contributed by atoms with Crippen LogP contribution in [0.25, 0.3) is 0 Å². The molecule has 0 aromatic heterocycles.